The van der Waals surface area contributed by atoms with Crippen LogP contribution >= 0.6 is 11.6 Å². The van der Waals surface area contributed by atoms with Crippen molar-refractivity contribution in [2.45, 2.75) is 13.0 Å². The van der Waals surface area contributed by atoms with Crippen LogP contribution in [0.4, 0.5) is 20.7 Å². The number of aromatic nitrogens is 6. The van der Waals surface area contributed by atoms with E-state index in [0.717, 1.165) is 0 Å². The van der Waals surface area contributed by atoms with Crippen LogP contribution in [0.2, 0.25) is 5.15 Å². The average molecular weight is 497 g/mol. The van der Waals surface area contributed by atoms with Crippen LogP contribution in [0.3, 0.4) is 0 Å². The summed E-state index contributed by atoms with van der Waals surface area (Å²) < 4.78 is 20.5. The van der Waals surface area contributed by atoms with Crippen LogP contribution < -0.4 is 10.6 Å². The standard InChI is InChI=1S/C22H18ClFN8O3/c1-12(15-4-3-8-26-19(15)24)35-22(34)29-20-18(30-31-32(20)2)16-6-5-14(11-27-16)28-21(33)13-7-9-25-17(23)10-13/h3-12H,1-2H3,(H,28,33)(H,29,34)/t12-/m1/s1. The number of carbonyl (C=O) groups excluding carboxylic acids is 2. The highest BCUT2D eigenvalue weighted by molar-refractivity contribution is 6.29. The number of hydrogen-bond acceptors (Lipinski definition) is 8. The lowest BCUT2D eigenvalue weighted by Crippen LogP contribution is -2.19. The second-order valence-corrected chi connectivity index (χ2v) is 7.61. The Balaban J connectivity index is 1.45. The summed E-state index contributed by atoms with van der Waals surface area (Å²) in [5, 5.41) is 13.4. The molecule has 0 aliphatic rings. The van der Waals surface area contributed by atoms with E-state index in [2.05, 4.69) is 35.9 Å². The van der Waals surface area contributed by atoms with E-state index in [0.29, 0.717) is 16.9 Å². The van der Waals surface area contributed by atoms with E-state index in [4.69, 9.17) is 16.3 Å². The van der Waals surface area contributed by atoms with Gasteiger partial charge in [-0.25, -0.2) is 19.4 Å². The van der Waals surface area contributed by atoms with E-state index in [1.807, 2.05) is 0 Å². The molecule has 2 N–H and O–H groups in total. The van der Waals surface area contributed by atoms with Crippen molar-refractivity contribution in [3.05, 3.63) is 77.2 Å². The van der Waals surface area contributed by atoms with Crippen molar-refractivity contribution in [3.63, 3.8) is 0 Å². The molecule has 0 saturated heterocycles. The summed E-state index contributed by atoms with van der Waals surface area (Å²) in [6, 6.07) is 9.21. The minimum atomic E-state index is -0.885. The molecule has 4 heterocycles. The van der Waals surface area contributed by atoms with Crippen molar-refractivity contribution in [2.24, 2.45) is 7.05 Å². The SMILES string of the molecule is C[C@@H](OC(=O)Nc1c(-c2ccc(NC(=O)c3ccnc(Cl)c3)cn2)nnn1C)c1cccnc1F. The van der Waals surface area contributed by atoms with E-state index in [9.17, 15) is 14.0 Å². The van der Waals surface area contributed by atoms with Crippen LogP contribution in [0.15, 0.2) is 55.0 Å². The summed E-state index contributed by atoms with van der Waals surface area (Å²) in [6.07, 6.45) is 2.44. The summed E-state index contributed by atoms with van der Waals surface area (Å²) >= 11 is 5.82. The van der Waals surface area contributed by atoms with E-state index >= 15 is 0 Å². The molecule has 0 fully saturated rings. The number of anilines is 2. The molecule has 0 bridgehead atoms. The number of halogens is 2. The molecule has 0 aliphatic carbocycles. The number of amides is 2. The largest absolute Gasteiger partial charge is 0.441 e. The van der Waals surface area contributed by atoms with Gasteiger partial charge >= 0.3 is 6.09 Å². The van der Waals surface area contributed by atoms with Gasteiger partial charge in [0.1, 0.15) is 11.3 Å². The molecule has 1 atom stereocenters. The van der Waals surface area contributed by atoms with Crippen LogP contribution in [-0.2, 0) is 11.8 Å². The van der Waals surface area contributed by atoms with Gasteiger partial charge in [-0.15, -0.1) is 5.10 Å². The number of aryl methyl sites for hydroxylation is 1. The highest BCUT2D eigenvalue weighted by Gasteiger charge is 2.21. The normalized spacial score (nSPS) is 11.5. The highest BCUT2D eigenvalue weighted by Crippen LogP contribution is 2.26. The smallest absolute Gasteiger partial charge is 0.413 e. The Labute approximate surface area is 203 Å². The predicted molar refractivity (Wildman–Crippen MR) is 124 cm³/mol. The zero-order chi connectivity index (χ0) is 24.9. The Morgan fingerprint density at radius 3 is 2.66 bits per heavy atom. The van der Waals surface area contributed by atoms with E-state index in [-0.39, 0.29) is 28.1 Å². The maximum atomic E-state index is 13.9. The maximum Gasteiger partial charge on any atom is 0.413 e. The summed E-state index contributed by atoms with van der Waals surface area (Å²) in [7, 11) is 1.57. The summed E-state index contributed by atoms with van der Waals surface area (Å²) in [6.45, 7) is 1.52. The molecular weight excluding hydrogens is 479 g/mol. The van der Waals surface area contributed by atoms with Crippen molar-refractivity contribution < 1.29 is 18.7 Å². The van der Waals surface area contributed by atoms with E-state index in [1.165, 1.54) is 48.4 Å². The maximum absolute atomic E-state index is 13.9. The second-order valence-electron chi connectivity index (χ2n) is 7.22. The van der Waals surface area contributed by atoms with Crippen LogP contribution in [-0.4, -0.2) is 41.9 Å². The van der Waals surface area contributed by atoms with Crippen molar-refractivity contribution >= 4 is 35.1 Å². The lowest BCUT2D eigenvalue weighted by atomic mass is 10.2. The first kappa shape index (κ1) is 23.7. The van der Waals surface area contributed by atoms with Crippen molar-refractivity contribution in [2.75, 3.05) is 10.6 Å². The fraction of sp³-hybridized carbons (Fsp3) is 0.136. The Morgan fingerprint density at radius 1 is 1.11 bits per heavy atom. The number of nitrogens with one attached hydrogen (secondary N) is 2. The monoisotopic (exact) mass is 496 g/mol. The van der Waals surface area contributed by atoms with Crippen LogP contribution in [0.5, 0.6) is 0 Å². The summed E-state index contributed by atoms with van der Waals surface area (Å²) in [5.74, 6) is -0.892. The van der Waals surface area contributed by atoms with Crippen molar-refractivity contribution in [1.82, 2.24) is 29.9 Å². The van der Waals surface area contributed by atoms with Gasteiger partial charge in [0.2, 0.25) is 5.95 Å². The second kappa shape index (κ2) is 10.2. The van der Waals surface area contributed by atoms with Crippen molar-refractivity contribution in [1.29, 1.82) is 0 Å². The fourth-order valence-corrected chi connectivity index (χ4v) is 3.25. The molecule has 0 saturated carbocycles. The molecule has 178 valence electrons. The van der Waals surface area contributed by atoms with E-state index in [1.54, 1.807) is 25.2 Å². The van der Waals surface area contributed by atoms with Gasteiger partial charge in [-0.1, -0.05) is 16.8 Å². The third-order valence-corrected chi connectivity index (χ3v) is 5.02. The molecule has 4 aromatic heterocycles. The molecule has 11 nitrogen and oxygen atoms in total. The zero-order valence-corrected chi connectivity index (χ0v) is 19.2. The predicted octanol–water partition coefficient (Wildman–Crippen LogP) is 4.02. The topological polar surface area (TPSA) is 137 Å². The number of ether oxygens (including phenoxy) is 1. The highest BCUT2D eigenvalue weighted by atomic mass is 35.5. The summed E-state index contributed by atoms with van der Waals surface area (Å²) in [5.41, 5.74) is 1.55. The molecular formula is C22H18ClFN8O3. The van der Waals surface area contributed by atoms with Gasteiger partial charge in [0.15, 0.2) is 11.5 Å². The first-order valence-corrected chi connectivity index (χ1v) is 10.6. The lowest BCUT2D eigenvalue weighted by molar-refractivity contribution is 0.102. The molecule has 0 radical (unpaired) electrons. The minimum Gasteiger partial charge on any atom is -0.441 e. The van der Waals surface area contributed by atoms with Crippen molar-refractivity contribution in [3.8, 4) is 11.4 Å². The summed E-state index contributed by atoms with van der Waals surface area (Å²) in [4.78, 5) is 36.5. The lowest BCUT2D eigenvalue weighted by Gasteiger charge is -2.14. The average Bonchev–Trinajstić information content (AvgIpc) is 3.19. The Bertz CT molecular complexity index is 1380. The Kier molecular flexibility index (Phi) is 6.92. The number of hydrogen-bond donors (Lipinski definition) is 2. The van der Waals surface area contributed by atoms with Gasteiger partial charge < -0.3 is 10.1 Å². The zero-order valence-electron chi connectivity index (χ0n) is 18.4. The molecule has 0 aromatic carbocycles. The molecule has 2 amide bonds. The van der Waals surface area contributed by atoms with Gasteiger partial charge in [-0.05, 0) is 43.3 Å². The number of pyridine rings is 3. The van der Waals surface area contributed by atoms with Crippen LogP contribution in [0.25, 0.3) is 11.4 Å². The first-order chi connectivity index (χ1) is 16.8. The Morgan fingerprint density at radius 2 is 1.94 bits per heavy atom. The van der Waals surface area contributed by atoms with Gasteiger partial charge in [-0.3, -0.25) is 15.1 Å². The third kappa shape index (κ3) is 5.55. The fourth-order valence-electron chi connectivity index (χ4n) is 3.08. The Hall–Kier alpha value is -4.45. The molecule has 4 rings (SSSR count). The van der Waals surface area contributed by atoms with Gasteiger partial charge in [0, 0.05) is 30.6 Å². The van der Waals surface area contributed by atoms with Gasteiger partial charge in [0.05, 0.1) is 17.6 Å². The van der Waals surface area contributed by atoms with Gasteiger partial charge in [0.25, 0.3) is 5.91 Å². The number of nitrogens with zero attached hydrogens (tertiary/aromatic N) is 6. The molecule has 4 aromatic rings. The number of rotatable bonds is 6. The first-order valence-electron chi connectivity index (χ1n) is 10.2. The van der Waals surface area contributed by atoms with Crippen LogP contribution in [0.1, 0.15) is 28.9 Å². The van der Waals surface area contributed by atoms with E-state index < -0.39 is 18.1 Å². The molecule has 13 heteroatoms. The minimum absolute atomic E-state index is 0.138. The number of carbonyl (C=O) groups is 2. The van der Waals surface area contributed by atoms with Gasteiger partial charge in [-0.2, -0.15) is 4.39 Å². The third-order valence-electron chi connectivity index (χ3n) is 4.81. The molecule has 35 heavy (non-hydrogen) atoms. The molecule has 0 unspecified atom stereocenters. The quantitative estimate of drug-likeness (QED) is 0.382. The van der Waals surface area contributed by atoms with Crippen LogP contribution in [0, 0.1) is 5.95 Å². The molecule has 0 spiro atoms. The molecule has 0 aliphatic heterocycles.